The zero-order valence-electron chi connectivity index (χ0n) is 18.6. The van der Waals surface area contributed by atoms with Crippen LogP contribution in [0.1, 0.15) is 31.3 Å². The molecule has 7 heteroatoms. The van der Waals surface area contributed by atoms with Crippen LogP contribution < -0.4 is 15.8 Å². The Morgan fingerprint density at radius 1 is 0.971 bits per heavy atom. The van der Waals surface area contributed by atoms with Crippen LogP contribution in [0.25, 0.3) is 21.0 Å². The van der Waals surface area contributed by atoms with Gasteiger partial charge in [-0.15, -0.1) is 11.3 Å². The number of methoxy groups -OCH3 is 1. The third-order valence-electron chi connectivity index (χ3n) is 5.75. The number of anilines is 2. The van der Waals surface area contributed by atoms with Crippen molar-refractivity contribution in [3.05, 3.63) is 94.5 Å². The maximum absolute atomic E-state index is 13.1. The highest BCUT2D eigenvalue weighted by atomic mass is 32.1. The summed E-state index contributed by atoms with van der Waals surface area (Å²) in [6.45, 7) is 1.78. The molecule has 5 aromatic rings. The minimum absolute atomic E-state index is 0.165. The Labute approximate surface area is 200 Å². The van der Waals surface area contributed by atoms with Gasteiger partial charge in [-0.3, -0.25) is 9.59 Å². The van der Waals surface area contributed by atoms with Gasteiger partial charge in [0.15, 0.2) is 5.78 Å². The summed E-state index contributed by atoms with van der Waals surface area (Å²) in [6, 6.07) is 22.2. The summed E-state index contributed by atoms with van der Waals surface area (Å²) in [4.78, 5) is 31.8. The molecule has 0 aliphatic rings. The molecule has 0 radical (unpaired) electrons. The standard InChI is InChI=1S/C27H21N3O3S/c1-15-20(24(31)17-10-12-18(33-2)13-11-17)14-21-23(28)25(34-27(21)29-15)26(32)30-22-9-5-7-16-6-3-4-8-19(16)22/h3-14H,28H2,1-2H3,(H,30,32). The molecule has 168 valence electrons. The molecule has 0 aliphatic heterocycles. The zero-order chi connectivity index (χ0) is 23.8. The van der Waals surface area contributed by atoms with E-state index < -0.39 is 0 Å². The van der Waals surface area contributed by atoms with Gasteiger partial charge >= 0.3 is 0 Å². The van der Waals surface area contributed by atoms with Crippen LogP contribution in [-0.4, -0.2) is 23.8 Å². The number of nitrogen functional groups attached to an aromatic ring is 1. The van der Waals surface area contributed by atoms with Crippen molar-refractivity contribution in [2.24, 2.45) is 0 Å². The van der Waals surface area contributed by atoms with Crippen molar-refractivity contribution in [1.82, 2.24) is 4.98 Å². The third kappa shape index (κ3) is 3.76. The molecule has 3 aromatic carbocycles. The van der Waals surface area contributed by atoms with Gasteiger partial charge in [0.2, 0.25) is 0 Å². The van der Waals surface area contributed by atoms with Crippen LogP contribution in [0.5, 0.6) is 5.75 Å². The number of aryl methyl sites for hydroxylation is 1. The van der Waals surface area contributed by atoms with Crippen LogP contribution in [0.4, 0.5) is 11.4 Å². The molecular formula is C27H21N3O3S. The second-order valence-corrected chi connectivity index (χ2v) is 8.86. The van der Waals surface area contributed by atoms with Gasteiger partial charge < -0.3 is 15.8 Å². The summed E-state index contributed by atoms with van der Waals surface area (Å²) in [5.41, 5.74) is 8.95. The first-order valence-corrected chi connectivity index (χ1v) is 11.5. The molecular weight excluding hydrogens is 446 g/mol. The summed E-state index contributed by atoms with van der Waals surface area (Å²) in [7, 11) is 1.58. The number of hydrogen-bond donors (Lipinski definition) is 2. The highest BCUT2D eigenvalue weighted by molar-refractivity contribution is 7.21. The summed E-state index contributed by atoms with van der Waals surface area (Å²) < 4.78 is 5.17. The summed E-state index contributed by atoms with van der Waals surface area (Å²) in [5, 5.41) is 5.54. The van der Waals surface area contributed by atoms with E-state index >= 15 is 0 Å². The molecule has 0 bridgehead atoms. The Morgan fingerprint density at radius 2 is 1.71 bits per heavy atom. The minimum atomic E-state index is -0.308. The average molecular weight is 468 g/mol. The molecule has 2 heterocycles. The molecule has 34 heavy (non-hydrogen) atoms. The summed E-state index contributed by atoms with van der Waals surface area (Å²) in [5.74, 6) is 0.199. The number of aromatic nitrogens is 1. The number of thiophene rings is 1. The Kier molecular flexibility index (Phi) is 5.47. The van der Waals surface area contributed by atoms with Gasteiger partial charge in [0.05, 0.1) is 18.5 Å². The van der Waals surface area contributed by atoms with Gasteiger partial charge in [-0.25, -0.2) is 4.98 Å². The number of ketones is 1. The smallest absolute Gasteiger partial charge is 0.267 e. The fourth-order valence-electron chi connectivity index (χ4n) is 3.94. The summed E-state index contributed by atoms with van der Waals surface area (Å²) in [6.07, 6.45) is 0. The average Bonchev–Trinajstić information content (AvgIpc) is 3.18. The molecule has 0 saturated heterocycles. The van der Waals surface area contributed by atoms with E-state index in [2.05, 4.69) is 10.3 Å². The van der Waals surface area contributed by atoms with Crippen LogP contribution in [0.2, 0.25) is 0 Å². The molecule has 0 fully saturated rings. The van der Waals surface area contributed by atoms with Gasteiger partial charge in [0, 0.05) is 27.6 Å². The molecule has 0 aliphatic carbocycles. The zero-order valence-corrected chi connectivity index (χ0v) is 19.4. The van der Waals surface area contributed by atoms with E-state index in [4.69, 9.17) is 10.5 Å². The highest BCUT2D eigenvalue weighted by Crippen LogP contribution is 2.35. The van der Waals surface area contributed by atoms with E-state index in [0.29, 0.717) is 49.0 Å². The van der Waals surface area contributed by atoms with Crippen LogP contribution in [0.3, 0.4) is 0 Å². The molecule has 6 nitrogen and oxygen atoms in total. The lowest BCUT2D eigenvalue weighted by atomic mass is 10.0. The quantitative estimate of drug-likeness (QED) is 0.317. The van der Waals surface area contributed by atoms with Gasteiger partial charge in [-0.1, -0.05) is 36.4 Å². The maximum atomic E-state index is 13.1. The number of rotatable bonds is 5. The largest absolute Gasteiger partial charge is 0.497 e. The number of nitrogens with one attached hydrogen (secondary N) is 1. The van der Waals surface area contributed by atoms with Crippen LogP contribution in [0, 0.1) is 6.92 Å². The Hall–Kier alpha value is -4.23. The van der Waals surface area contributed by atoms with Crippen molar-refractivity contribution in [1.29, 1.82) is 0 Å². The first-order chi connectivity index (χ1) is 16.5. The van der Waals surface area contributed by atoms with Gasteiger partial charge in [0.1, 0.15) is 15.5 Å². The van der Waals surface area contributed by atoms with Crippen LogP contribution in [-0.2, 0) is 0 Å². The first-order valence-electron chi connectivity index (χ1n) is 10.6. The number of fused-ring (bicyclic) bond motifs is 2. The second-order valence-electron chi connectivity index (χ2n) is 7.86. The van der Waals surface area contributed by atoms with Crippen LogP contribution >= 0.6 is 11.3 Å². The predicted molar refractivity (Wildman–Crippen MR) is 137 cm³/mol. The lowest BCUT2D eigenvalue weighted by Gasteiger charge is -2.08. The van der Waals surface area contributed by atoms with Crippen molar-refractivity contribution in [2.45, 2.75) is 6.92 Å². The van der Waals surface area contributed by atoms with E-state index in [9.17, 15) is 9.59 Å². The van der Waals surface area contributed by atoms with Crippen molar-refractivity contribution in [3.8, 4) is 5.75 Å². The highest BCUT2D eigenvalue weighted by Gasteiger charge is 2.21. The van der Waals surface area contributed by atoms with Crippen molar-refractivity contribution in [2.75, 3.05) is 18.2 Å². The fraction of sp³-hybridized carbons (Fsp3) is 0.0741. The molecule has 0 atom stereocenters. The number of carbonyl (C=O) groups excluding carboxylic acids is 2. The minimum Gasteiger partial charge on any atom is -0.497 e. The second kappa shape index (κ2) is 8.61. The Bertz CT molecular complexity index is 1570. The van der Waals surface area contributed by atoms with Gasteiger partial charge in [-0.2, -0.15) is 0 Å². The lowest BCUT2D eigenvalue weighted by Crippen LogP contribution is -2.12. The fourth-order valence-corrected chi connectivity index (χ4v) is 4.96. The third-order valence-corrected chi connectivity index (χ3v) is 6.87. The molecule has 0 saturated carbocycles. The molecule has 0 unspecified atom stereocenters. The monoisotopic (exact) mass is 467 g/mol. The van der Waals surface area contributed by atoms with Gasteiger partial charge in [-0.05, 0) is 48.7 Å². The number of nitrogens with two attached hydrogens (primary N) is 1. The maximum Gasteiger partial charge on any atom is 0.267 e. The van der Waals surface area contributed by atoms with Crippen molar-refractivity contribution < 1.29 is 14.3 Å². The molecule has 2 aromatic heterocycles. The van der Waals surface area contributed by atoms with Crippen molar-refractivity contribution in [3.63, 3.8) is 0 Å². The van der Waals surface area contributed by atoms with E-state index in [0.717, 1.165) is 10.8 Å². The lowest BCUT2D eigenvalue weighted by molar-refractivity contribution is 0.102. The predicted octanol–water partition coefficient (Wildman–Crippen LogP) is 5.83. The number of ether oxygens (including phenoxy) is 1. The molecule has 1 amide bonds. The molecule has 0 spiro atoms. The number of pyridine rings is 1. The number of nitrogens with zero attached hydrogens (tertiary/aromatic N) is 1. The van der Waals surface area contributed by atoms with E-state index in [1.54, 1.807) is 44.4 Å². The SMILES string of the molecule is COc1ccc(C(=O)c2cc3c(N)c(C(=O)Nc4cccc5ccccc45)sc3nc2C)cc1. The number of benzene rings is 3. The van der Waals surface area contributed by atoms with Gasteiger partial charge in [0.25, 0.3) is 5.91 Å². The Morgan fingerprint density at radius 3 is 2.47 bits per heavy atom. The Balaban J connectivity index is 1.50. The van der Waals surface area contributed by atoms with E-state index in [1.807, 2.05) is 42.5 Å². The van der Waals surface area contributed by atoms with E-state index in [-0.39, 0.29) is 11.7 Å². The molecule has 5 rings (SSSR count). The van der Waals surface area contributed by atoms with Crippen molar-refractivity contribution >= 4 is 55.4 Å². The number of hydrogen-bond acceptors (Lipinski definition) is 6. The number of amides is 1. The molecule has 3 N–H and O–H groups in total. The summed E-state index contributed by atoms with van der Waals surface area (Å²) >= 11 is 1.22. The topological polar surface area (TPSA) is 94.3 Å². The number of carbonyl (C=O) groups is 2. The normalized spacial score (nSPS) is 11.0. The first kappa shape index (κ1) is 21.6. The van der Waals surface area contributed by atoms with Crippen LogP contribution in [0.15, 0.2) is 72.8 Å². The van der Waals surface area contributed by atoms with E-state index in [1.165, 1.54) is 11.3 Å².